The summed E-state index contributed by atoms with van der Waals surface area (Å²) < 4.78 is 5.70. The molecule has 1 atom stereocenters. The van der Waals surface area contributed by atoms with Gasteiger partial charge in [0.05, 0.1) is 12.7 Å². The van der Waals surface area contributed by atoms with Gasteiger partial charge in [-0.15, -0.1) is 0 Å². The van der Waals surface area contributed by atoms with Gasteiger partial charge in [-0.1, -0.05) is 55.0 Å². The molecular formula is C18H22O2. The van der Waals surface area contributed by atoms with Gasteiger partial charge in [0.25, 0.3) is 0 Å². The Morgan fingerprint density at radius 1 is 1.05 bits per heavy atom. The van der Waals surface area contributed by atoms with Crippen LogP contribution >= 0.6 is 0 Å². The first kappa shape index (κ1) is 14.6. The largest absolute Gasteiger partial charge is 0.493 e. The molecule has 1 unspecified atom stereocenters. The van der Waals surface area contributed by atoms with Gasteiger partial charge in [0.2, 0.25) is 0 Å². The zero-order valence-electron chi connectivity index (χ0n) is 12.2. The lowest BCUT2D eigenvalue weighted by Crippen LogP contribution is -2.06. The number of aliphatic hydroxyl groups excluding tert-OH is 1. The highest BCUT2D eigenvalue weighted by Crippen LogP contribution is 2.27. The minimum absolute atomic E-state index is 0.536. The van der Waals surface area contributed by atoms with Crippen LogP contribution < -0.4 is 4.74 Å². The SMILES string of the molecule is CCCOc1ccccc1C(O)Cc1ccc(C)cc1. The molecule has 0 bridgehead atoms. The number of ether oxygens (including phenoxy) is 1. The number of hydrogen-bond donors (Lipinski definition) is 1. The minimum Gasteiger partial charge on any atom is -0.493 e. The highest BCUT2D eigenvalue weighted by molar-refractivity contribution is 5.36. The van der Waals surface area contributed by atoms with Crippen molar-refractivity contribution < 1.29 is 9.84 Å². The van der Waals surface area contributed by atoms with Crippen LogP contribution in [-0.4, -0.2) is 11.7 Å². The van der Waals surface area contributed by atoms with Crippen molar-refractivity contribution in [3.63, 3.8) is 0 Å². The van der Waals surface area contributed by atoms with Gasteiger partial charge in [-0.3, -0.25) is 0 Å². The summed E-state index contributed by atoms with van der Waals surface area (Å²) >= 11 is 0. The van der Waals surface area contributed by atoms with Crippen molar-refractivity contribution in [2.24, 2.45) is 0 Å². The molecule has 0 radical (unpaired) electrons. The Morgan fingerprint density at radius 2 is 1.75 bits per heavy atom. The molecule has 0 aliphatic rings. The van der Waals surface area contributed by atoms with E-state index in [0.29, 0.717) is 13.0 Å². The number of aliphatic hydroxyl groups is 1. The fourth-order valence-electron chi connectivity index (χ4n) is 2.16. The van der Waals surface area contributed by atoms with E-state index in [4.69, 9.17) is 4.74 Å². The van der Waals surface area contributed by atoms with E-state index >= 15 is 0 Å². The number of hydrogen-bond acceptors (Lipinski definition) is 2. The number of para-hydroxylation sites is 1. The Kier molecular flexibility index (Phi) is 5.19. The molecule has 0 aliphatic heterocycles. The summed E-state index contributed by atoms with van der Waals surface area (Å²) in [5.74, 6) is 0.786. The van der Waals surface area contributed by atoms with Crippen LogP contribution in [0.25, 0.3) is 0 Å². The van der Waals surface area contributed by atoms with E-state index in [1.54, 1.807) is 0 Å². The van der Waals surface area contributed by atoms with Gasteiger partial charge >= 0.3 is 0 Å². The maximum Gasteiger partial charge on any atom is 0.125 e. The fourth-order valence-corrected chi connectivity index (χ4v) is 2.16. The minimum atomic E-state index is -0.536. The van der Waals surface area contributed by atoms with Crippen molar-refractivity contribution in [1.82, 2.24) is 0 Å². The Balaban J connectivity index is 2.12. The van der Waals surface area contributed by atoms with E-state index in [0.717, 1.165) is 23.3 Å². The normalized spacial score (nSPS) is 12.2. The van der Waals surface area contributed by atoms with Crippen LogP contribution in [0.15, 0.2) is 48.5 Å². The Bertz CT molecular complexity index is 531. The summed E-state index contributed by atoms with van der Waals surface area (Å²) in [5, 5.41) is 10.4. The second-order valence-corrected chi connectivity index (χ2v) is 5.09. The molecule has 0 fully saturated rings. The Hall–Kier alpha value is -1.80. The molecule has 0 saturated heterocycles. The van der Waals surface area contributed by atoms with Gasteiger partial charge in [-0.05, 0) is 25.0 Å². The molecular weight excluding hydrogens is 248 g/mol. The van der Waals surface area contributed by atoms with Gasteiger partial charge in [-0.25, -0.2) is 0 Å². The van der Waals surface area contributed by atoms with E-state index in [1.807, 2.05) is 24.3 Å². The lowest BCUT2D eigenvalue weighted by molar-refractivity contribution is 0.171. The van der Waals surface area contributed by atoms with E-state index < -0.39 is 6.10 Å². The molecule has 2 nitrogen and oxygen atoms in total. The molecule has 2 rings (SSSR count). The summed E-state index contributed by atoms with van der Waals surface area (Å²) in [6, 6.07) is 16.0. The molecule has 106 valence electrons. The third-order valence-electron chi connectivity index (χ3n) is 3.29. The molecule has 0 aliphatic carbocycles. The van der Waals surface area contributed by atoms with Gasteiger partial charge in [0.15, 0.2) is 0 Å². The molecule has 1 N–H and O–H groups in total. The van der Waals surface area contributed by atoms with E-state index in [9.17, 15) is 5.11 Å². The standard InChI is InChI=1S/C18H22O2/c1-3-12-20-18-7-5-4-6-16(18)17(19)13-15-10-8-14(2)9-11-15/h4-11,17,19H,3,12-13H2,1-2H3. The van der Waals surface area contributed by atoms with Crippen molar-refractivity contribution in [3.8, 4) is 5.75 Å². The van der Waals surface area contributed by atoms with Crippen LogP contribution in [0, 0.1) is 6.92 Å². The molecule has 0 aromatic heterocycles. The summed E-state index contributed by atoms with van der Waals surface area (Å²) in [7, 11) is 0. The maximum atomic E-state index is 10.4. The van der Waals surface area contributed by atoms with Crippen molar-refractivity contribution >= 4 is 0 Å². The van der Waals surface area contributed by atoms with Crippen LogP contribution in [0.1, 0.15) is 36.1 Å². The second kappa shape index (κ2) is 7.11. The topological polar surface area (TPSA) is 29.5 Å². The molecule has 0 amide bonds. The summed E-state index contributed by atoms with van der Waals surface area (Å²) in [4.78, 5) is 0. The molecule has 2 heteroatoms. The highest BCUT2D eigenvalue weighted by Gasteiger charge is 2.13. The van der Waals surface area contributed by atoms with Crippen LogP contribution in [0.2, 0.25) is 0 Å². The lowest BCUT2D eigenvalue weighted by atomic mass is 10.00. The van der Waals surface area contributed by atoms with Crippen LogP contribution in [0.4, 0.5) is 0 Å². The van der Waals surface area contributed by atoms with Crippen LogP contribution in [-0.2, 0) is 6.42 Å². The molecule has 2 aromatic rings. The average molecular weight is 270 g/mol. The van der Waals surface area contributed by atoms with Gasteiger partial charge in [-0.2, -0.15) is 0 Å². The van der Waals surface area contributed by atoms with Crippen LogP contribution in [0.5, 0.6) is 5.75 Å². The molecule has 0 saturated carbocycles. The van der Waals surface area contributed by atoms with E-state index in [2.05, 4.69) is 38.1 Å². The zero-order valence-corrected chi connectivity index (χ0v) is 12.2. The first-order valence-electron chi connectivity index (χ1n) is 7.16. The van der Waals surface area contributed by atoms with Gasteiger partial charge < -0.3 is 9.84 Å². The smallest absolute Gasteiger partial charge is 0.125 e. The predicted molar refractivity (Wildman–Crippen MR) is 82.1 cm³/mol. The third kappa shape index (κ3) is 3.84. The second-order valence-electron chi connectivity index (χ2n) is 5.09. The van der Waals surface area contributed by atoms with Crippen molar-refractivity contribution in [1.29, 1.82) is 0 Å². The monoisotopic (exact) mass is 270 g/mol. The third-order valence-corrected chi connectivity index (χ3v) is 3.29. The average Bonchev–Trinajstić information content (AvgIpc) is 2.47. The highest BCUT2D eigenvalue weighted by atomic mass is 16.5. The summed E-state index contributed by atoms with van der Waals surface area (Å²) in [6.45, 7) is 4.81. The molecule has 0 heterocycles. The summed E-state index contributed by atoms with van der Waals surface area (Å²) in [5.41, 5.74) is 3.23. The van der Waals surface area contributed by atoms with E-state index in [-0.39, 0.29) is 0 Å². The van der Waals surface area contributed by atoms with Crippen molar-refractivity contribution in [2.75, 3.05) is 6.61 Å². The predicted octanol–water partition coefficient (Wildman–Crippen LogP) is 4.06. The first-order chi connectivity index (χ1) is 9.70. The Labute approximate surface area is 121 Å². The van der Waals surface area contributed by atoms with Gasteiger partial charge in [0, 0.05) is 12.0 Å². The Morgan fingerprint density at radius 3 is 2.45 bits per heavy atom. The van der Waals surface area contributed by atoms with Gasteiger partial charge in [0.1, 0.15) is 5.75 Å². The lowest BCUT2D eigenvalue weighted by Gasteiger charge is -2.16. The molecule has 2 aromatic carbocycles. The first-order valence-corrected chi connectivity index (χ1v) is 7.16. The van der Waals surface area contributed by atoms with Crippen molar-refractivity contribution in [3.05, 3.63) is 65.2 Å². The molecule has 0 spiro atoms. The fraction of sp³-hybridized carbons (Fsp3) is 0.333. The maximum absolute atomic E-state index is 10.4. The number of benzene rings is 2. The zero-order chi connectivity index (χ0) is 14.4. The number of aryl methyl sites for hydroxylation is 1. The van der Waals surface area contributed by atoms with E-state index in [1.165, 1.54) is 5.56 Å². The number of rotatable bonds is 6. The van der Waals surface area contributed by atoms with Crippen LogP contribution in [0.3, 0.4) is 0 Å². The quantitative estimate of drug-likeness (QED) is 0.857. The van der Waals surface area contributed by atoms with Crippen molar-refractivity contribution in [2.45, 2.75) is 32.8 Å². The summed E-state index contributed by atoms with van der Waals surface area (Å²) in [6.07, 6.45) is 1.03. The molecule has 20 heavy (non-hydrogen) atoms.